The molecule has 0 saturated carbocycles. The van der Waals surface area contributed by atoms with E-state index in [4.69, 9.17) is 0 Å². The van der Waals surface area contributed by atoms with Gasteiger partial charge in [-0.2, -0.15) is 0 Å². The quantitative estimate of drug-likeness (QED) is 0.927. The molecule has 1 aromatic heterocycles. The summed E-state index contributed by atoms with van der Waals surface area (Å²) in [6.07, 6.45) is 0. The van der Waals surface area contributed by atoms with E-state index in [1.165, 1.54) is 6.07 Å². The van der Waals surface area contributed by atoms with Gasteiger partial charge in [-0.25, -0.2) is 14.4 Å². The van der Waals surface area contributed by atoms with Crippen LogP contribution in [0.1, 0.15) is 18.3 Å². The third-order valence-electron chi connectivity index (χ3n) is 3.18. The van der Waals surface area contributed by atoms with E-state index < -0.39 is 0 Å². The summed E-state index contributed by atoms with van der Waals surface area (Å²) in [5.74, 6) is 1.90. The zero-order valence-electron chi connectivity index (χ0n) is 12.2. The molecule has 2 rings (SSSR count). The first-order chi connectivity index (χ1) is 9.58. The average molecular weight is 274 g/mol. The van der Waals surface area contributed by atoms with Crippen LogP contribution in [-0.2, 0) is 0 Å². The largest absolute Gasteiger partial charge is 0.373 e. The monoisotopic (exact) mass is 274 g/mol. The number of benzene rings is 1. The third kappa shape index (κ3) is 2.57. The Morgan fingerprint density at radius 3 is 2.50 bits per heavy atom. The van der Waals surface area contributed by atoms with Gasteiger partial charge in [-0.1, -0.05) is 12.1 Å². The van der Waals surface area contributed by atoms with Crippen molar-refractivity contribution >= 4 is 17.3 Å². The molecule has 0 saturated heterocycles. The number of hydrogen-bond donors (Lipinski definition) is 1. The fourth-order valence-electron chi connectivity index (χ4n) is 2.22. The van der Waals surface area contributed by atoms with Gasteiger partial charge in [0.1, 0.15) is 23.3 Å². The maximum atomic E-state index is 14.0. The molecule has 0 unspecified atom stereocenters. The second kappa shape index (κ2) is 5.86. The van der Waals surface area contributed by atoms with E-state index in [0.717, 1.165) is 17.2 Å². The lowest BCUT2D eigenvalue weighted by Gasteiger charge is -2.25. The Balaban J connectivity index is 2.58. The van der Waals surface area contributed by atoms with Gasteiger partial charge in [0.05, 0.1) is 5.69 Å². The maximum absolute atomic E-state index is 14.0. The van der Waals surface area contributed by atoms with Crippen LogP contribution in [0, 0.1) is 19.7 Å². The molecule has 106 valence electrons. The van der Waals surface area contributed by atoms with E-state index in [2.05, 4.69) is 15.3 Å². The maximum Gasteiger partial charge on any atom is 0.146 e. The Kier molecular flexibility index (Phi) is 4.17. The third-order valence-corrected chi connectivity index (χ3v) is 3.18. The van der Waals surface area contributed by atoms with Crippen LogP contribution < -0.4 is 10.2 Å². The summed E-state index contributed by atoms with van der Waals surface area (Å²) < 4.78 is 14.0. The number of anilines is 3. The van der Waals surface area contributed by atoms with Crippen LogP contribution in [0.15, 0.2) is 24.3 Å². The van der Waals surface area contributed by atoms with E-state index >= 15 is 0 Å². The van der Waals surface area contributed by atoms with Crippen molar-refractivity contribution in [3.05, 3.63) is 41.5 Å². The van der Waals surface area contributed by atoms with Gasteiger partial charge in [-0.05, 0) is 32.9 Å². The van der Waals surface area contributed by atoms with Crippen molar-refractivity contribution in [3.63, 3.8) is 0 Å². The average Bonchev–Trinajstić information content (AvgIpc) is 2.44. The summed E-state index contributed by atoms with van der Waals surface area (Å²) in [7, 11) is 1.82. The number of aryl methyl sites for hydroxylation is 1. The summed E-state index contributed by atoms with van der Waals surface area (Å²) >= 11 is 0. The Morgan fingerprint density at radius 2 is 1.90 bits per heavy atom. The highest BCUT2D eigenvalue weighted by Crippen LogP contribution is 2.30. The number of hydrogen-bond acceptors (Lipinski definition) is 4. The summed E-state index contributed by atoms with van der Waals surface area (Å²) in [4.78, 5) is 10.7. The van der Waals surface area contributed by atoms with Crippen LogP contribution in [0.3, 0.4) is 0 Å². The number of halogens is 1. The number of aromatic nitrogens is 2. The van der Waals surface area contributed by atoms with Crippen LogP contribution in [0.2, 0.25) is 0 Å². The smallest absolute Gasteiger partial charge is 0.146 e. The summed E-state index contributed by atoms with van der Waals surface area (Å²) in [6, 6.07) is 6.72. The van der Waals surface area contributed by atoms with Gasteiger partial charge >= 0.3 is 0 Å². The first kappa shape index (κ1) is 14.2. The first-order valence-electron chi connectivity index (χ1n) is 6.63. The molecule has 0 amide bonds. The Bertz CT molecular complexity index is 613. The SMILES string of the molecule is CCN(c1ccccc1F)c1nc(C)nc(NC)c1C. The van der Waals surface area contributed by atoms with Gasteiger partial charge in [0.25, 0.3) is 0 Å². The molecule has 0 aliphatic heterocycles. The van der Waals surface area contributed by atoms with Crippen molar-refractivity contribution in [1.29, 1.82) is 0 Å². The van der Waals surface area contributed by atoms with E-state index in [1.54, 1.807) is 12.1 Å². The minimum absolute atomic E-state index is 0.254. The number of rotatable bonds is 4. The van der Waals surface area contributed by atoms with Crippen LogP contribution in [0.4, 0.5) is 21.7 Å². The van der Waals surface area contributed by atoms with Crippen molar-refractivity contribution in [2.75, 3.05) is 23.8 Å². The van der Waals surface area contributed by atoms with E-state index in [1.807, 2.05) is 38.8 Å². The summed E-state index contributed by atoms with van der Waals surface area (Å²) in [5.41, 5.74) is 1.43. The topological polar surface area (TPSA) is 41.1 Å². The molecule has 1 heterocycles. The lowest BCUT2D eigenvalue weighted by atomic mass is 10.2. The highest BCUT2D eigenvalue weighted by atomic mass is 19.1. The molecule has 5 heteroatoms. The van der Waals surface area contributed by atoms with Gasteiger partial charge < -0.3 is 10.2 Å². The standard InChI is InChI=1S/C15H19FN4/c1-5-20(13-9-7-6-8-12(13)16)15-10(2)14(17-4)18-11(3)19-15/h6-9H,5H2,1-4H3,(H,17,18,19). The second-order valence-electron chi connectivity index (χ2n) is 4.51. The summed E-state index contributed by atoms with van der Waals surface area (Å²) in [5, 5.41) is 3.05. The van der Waals surface area contributed by atoms with E-state index in [-0.39, 0.29) is 5.82 Å². The van der Waals surface area contributed by atoms with Crippen LogP contribution in [0.25, 0.3) is 0 Å². The van der Waals surface area contributed by atoms with Gasteiger partial charge in [-0.3, -0.25) is 0 Å². The molecule has 4 nitrogen and oxygen atoms in total. The van der Waals surface area contributed by atoms with Crippen molar-refractivity contribution in [1.82, 2.24) is 9.97 Å². The number of nitrogens with zero attached hydrogens (tertiary/aromatic N) is 3. The van der Waals surface area contributed by atoms with Crippen LogP contribution in [-0.4, -0.2) is 23.6 Å². The molecular weight excluding hydrogens is 255 g/mol. The lowest BCUT2D eigenvalue weighted by molar-refractivity contribution is 0.625. The fraction of sp³-hybridized carbons (Fsp3) is 0.333. The zero-order chi connectivity index (χ0) is 14.7. The molecule has 0 aliphatic carbocycles. The number of para-hydroxylation sites is 1. The highest BCUT2D eigenvalue weighted by molar-refractivity contribution is 5.67. The molecule has 0 spiro atoms. The zero-order valence-corrected chi connectivity index (χ0v) is 12.2. The molecule has 0 atom stereocenters. The lowest BCUT2D eigenvalue weighted by Crippen LogP contribution is -2.21. The molecule has 2 aromatic rings. The predicted molar refractivity (Wildman–Crippen MR) is 80.1 cm³/mol. The molecule has 0 aliphatic rings. The molecule has 0 fully saturated rings. The van der Waals surface area contributed by atoms with Crippen molar-refractivity contribution in [2.24, 2.45) is 0 Å². The molecule has 0 radical (unpaired) electrons. The van der Waals surface area contributed by atoms with Gasteiger partial charge in [0.2, 0.25) is 0 Å². The van der Waals surface area contributed by atoms with Crippen LogP contribution >= 0.6 is 0 Å². The Morgan fingerprint density at radius 1 is 1.20 bits per heavy atom. The Hall–Kier alpha value is -2.17. The minimum atomic E-state index is -0.254. The molecular formula is C15H19FN4. The predicted octanol–water partition coefficient (Wildman–Crippen LogP) is 3.43. The summed E-state index contributed by atoms with van der Waals surface area (Å²) in [6.45, 7) is 6.37. The van der Waals surface area contributed by atoms with Gasteiger partial charge in [-0.15, -0.1) is 0 Å². The van der Waals surface area contributed by atoms with Gasteiger partial charge in [0.15, 0.2) is 0 Å². The highest BCUT2D eigenvalue weighted by Gasteiger charge is 2.17. The normalized spacial score (nSPS) is 10.4. The number of nitrogens with one attached hydrogen (secondary N) is 1. The van der Waals surface area contributed by atoms with Crippen molar-refractivity contribution in [2.45, 2.75) is 20.8 Å². The minimum Gasteiger partial charge on any atom is -0.373 e. The van der Waals surface area contributed by atoms with Crippen molar-refractivity contribution in [3.8, 4) is 0 Å². The van der Waals surface area contributed by atoms with Crippen molar-refractivity contribution < 1.29 is 4.39 Å². The van der Waals surface area contributed by atoms with E-state index in [0.29, 0.717) is 18.1 Å². The molecule has 1 aromatic carbocycles. The molecule has 20 heavy (non-hydrogen) atoms. The second-order valence-corrected chi connectivity index (χ2v) is 4.51. The van der Waals surface area contributed by atoms with Gasteiger partial charge in [0, 0.05) is 19.2 Å². The molecule has 1 N–H and O–H groups in total. The Labute approximate surface area is 118 Å². The van der Waals surface area contributed by atoms with Crippen LogP contribution in [0.5, 0.6) is 0 Å². The fourth-order valence-corrected chi connectivity index (χ4v) is 2.22. The van der Waals surface area contributed by atoms with E-state index in [9.17, 15) is 4.39 Å². The molecule has 0 bridgehead atoms. The first-order valence-corrected chi connectivity index (χ1v) is 6.63.